The third kappa shape index (κ3) is 3.14. The van der Waals surface area contributed by atoms with Gasteiger partial charge in [0.25, 0.3) is 0 Å². The molecule has 3 heterocycles. The number of hydrogen-bond donors (Lipinski definition) is 2. The first-order valence-electron chi connectivity index (χ1n) is 9.29. The predicted octanol–water partition coefficient (Wildman–Crippen LogP) is 4.54. The summed E-state index contributed by atoms with van der Waals surface area (Å²) in [6, 6.07) is 19.4. The largest absolute Gasteiger partial charge is 0.481 e. The molecule has 5 aromatic rings. The fourth-order valence-corrected chi connectivity index (χ4v) is 3.56. The van der Waals surface area contributed by atoms with Crippen LogP contribution in [0.3, 0.4) is 0 Å². The number of H-pyrrole nitrogens is 2. The van der Waals surface area contributed by atoms with Crippen molar-refractivity contribution in [1.82, 2.24) is 20.2 Å². The molecule has 0 fully saturated rings. The van der Waals surface area contributed by atoms with E-state index in [1.807, 2.05) is 60.7 Å². The van der Waals surface area contributed by atoms with Crippen molar-refractivity contribution in [2.75, 3.05) is 7.11 Å². The predicted molar refractivity (Wildman–Crippen MR) is 112 cm³/mol. The number of nitrogens with one attached hydrogen (secondary N) is 2. The molecule has 2 N–H and O–H groups in total. The van der Waals surface area contributed by atoms with Gasteiger partial charge in [-0.15, -0.1) is 0 Å². The van der Waals surface area contributed by atoms with E-state index in [1.165, 1.54) is 0 Å². The van der Waals surface area contributed by atoms with Gasteiger partial charge in [-0.25, -0.2) is 4.98 Å². The highest BCUT2D eigenvalue weighted by Crippen LogP contribution is 2.31. The van der Waals surface area contributed by atoms with Crippen molar-refractivity contribution in [3.05, 3.63) is 78.1 Å². The molecular weight excluding hydrogens is 364 g/mol. The number of nitrogens with zero attached hydrogens (tertiary/aromatic N) is 2. The molecule has 2 aromatic carbocycles. The molecule has 29 heavy (non-hydrogen) atoms. The lowest BCUT2D eigenvalue weighted by molar-refractivity contribution is 0.0989. The molecule has 0 aliphatic heterocycles. The number of Topliss-reactive ketones (excluding diaryl/α,β-unsaturated/α-hetero) is 1. The topological polar surface area (TPSA) is 83.7 Å². The first-order valence-corrected chi connectivity index (χ1v) is 9.29. The molecule has 0 aliphatic carbocycles. The Bertz CT molecular complexity index is 1340. The lowest BCUT2D eigenvalue weighted by Crippen LogP contribution is -2.03. The maximum absolute atomic E-state index is 12.7. The molecule has 0 spiro atoms. The number of aromatic nitrogens is 4. The van der Waals surface area contributed by atoms with Gasteiger partial charge in [0, 0.05) is 40.5 Å². The number of rotatable bonds is 5. The summed E-state index contributed by atoms with van der Waals surface area (Å²) in [7, 11) is 1.59. The van der Waals surface area contributed by atoms with Crippen molar-refractivity contribution in [2.24, 2.45) is 0 Å². The van der Waals surface area contributed by atoms with E-state index in [0.29, 0.717) is 18.0 Å². The minimum absolute atomic E-state index is 0.0632. The Labute approximate surface area is 166 Å². The minimum atomic E-state index is 0.0632. The second-order valence-corrected chi connectivity index (χ2v) is 6.91. The fourth-order valence-electron chi connectivity index (χ4n) is 3.56. The average Bonchev–Trinajstić information content (AvgIpc) is 3.36. The van der Waals surface area contributed by atoms with E-state index in [0.717, 1.165) is 38.6 Å². The highest BCUT2D eigenvalue weighted by Gasteiger charge is 2.14. The van der Waals surface area contributed by atoms with E-state index >= 15 is 0 Å². The van der Waals surface area contributed by atoms with Crippen molar-refractivity contribution < 1.29 is 9.53 Å². The normalized spacial score (nSPS) is 11.2. The molecular formula is C23H18N4O2. The van der Waals surface area contributed by atoms with E-state index in [2.05, 4.69) is 20.2 Å². The summed E-state index contributed by atoms with van der Waals surface area (Å²) in [6.45, 7) is 0. The molecule has 6 nitrogen and oxygen atoms in total. The van der Waals surface area contributed by atoms with E-state index in [4.69, 9.17) is 4.74 Å². The van der Waals surface area contributed by atoms with E-state index < -0.39 is 0 Å². The first kappa shape index (κ1) is 17.2. The number of hydrogen-bond acceptors (Lipinski definition) is 4. The fraction of sp³-hybridized carbons (Fsp3) is 0.0870. The molecule has 142 valence electrons. The molecule has 0 radical (unpaired) electrons. The van der Waals surface area contributed by atoms with Gasteiger partial charge >= 0.3 is 0 Å². The van der Waals surface area contributed by atoms with Crippen LogP contribution in [0.25, 0.3) is 33.1 Å². The number of carbonyl (C=O) groups excluding carboxylic acids is 1. The number of benzene rings is 2. The van der Waals surface area contributed by atoms with Gasteiger partial charge in [-0.1, -0.05) is 30.3 Å². The zero-order valence-corrected chi connectivity index (χ0v) is 15.8. The summed E-state index contributed by atoms with van der Waals surface area (Å²) in [5, 5.41) is 9.49. The van der Waals surface area contributed by atoms with E-state index in [-0.39, 0.29) is 5.78 Å². The van der Waals surface area contributed by atoms with Crippen LogP contribution in [0.4, 0.5) is 0 Å². The molecule has 3 aromatic heterocycles. The van der Waals surface area contributed by atoms with Crippen LogP contribution in [0.2, 0.25) is 0 Å². The quantitative estimate of drug-likeness (QED) is 0.437. The average molecular weight is 382 g/mol. The van der Waals surface area contributed by atoms with Gasteiger partial charge in [-0.3, -0.25) is 9.89 Å². The van der Waals surface area contributed by atoms with Crippen LogP contribution in [0.5, 0.6) is 5.88 Å². The third-order valence-corrected chi connectivity index (χ3v) is 5.03. The molecule has 0 saturated heterocycles. The molecule has 0 unspecified atom stereocenters. The van der Waals surface area contributed by atoms with Gasteiger partial charge in [-0.05, 0) is 29.8 Å². The van der Waals surface area contributed by atoms with Crippen LogP contribution >= 0.6 is 0 Å². The summed E-state index contributed by atoms with van der Waals surface area (Å²) in [5.41, 5.74) is 5.14. The van der Waals surface area contributed by atoms with Gasteiger partial charge < -0.3 is 9.72 Å². The van der Waals surface area contributed by atoms with Crippen molar-refractivity contribution in [2.45, 2.75) is 6.42 Å². The van der Waals surface area contributed by atoms with Crippen LogP contribution in [-0.4, -0.2) is 33.1 Å². The summed E-state index contributed by atoms with van der Waals surface area (Å²) < 4.78 is 5.22. The van der Waals surface area contributed by atoms with Gasteiger partial charge in [-0.2, -0.15) is 5.10 Å². The summed E-state index contributed by atoms with van der Waals surface area (Å²) in [4.78, 5) is 20.1. The van der Waals surface area contributed by atoms with Crippen molar-refractivity contribution in [3.8, 4) is 17.1 Å². The number of carbonyl (C=O) groups is 1. The molecule has 0 atom stereocenters. The summed E-state index contributed by atoms with van der Waals surface area (Å²) >= 11 is 0. The van der Waals surface area contributed by atoms with Crippen molar-refractivity contribution in [3.63, 3.8) is 0 Å². The minimum Gasteiger partial charge on any atom is -0.481 e. The summed E-state index contributed by atoms with van der Waals surface area (Å²) in [5.74, 6) is 0.600. The Morgan fingerprint density at radius 2 is 1.90 bits per heavy atom. The lowest BCUT2D eigenvalue weighted by atomic mass is 10.1. The number of fused-ring (bicyclic) bond motifs is 2. The molecule has 0 saturated carbocycles. The molecule has 0 aliphatic rings. The number of pyridine rings is 1. The summed E-state index contributed by atoms with van der Waals surface area (Å²) in [6.07, 6.45) is 2.07. The lowest BCUT2D eigenvalue weighted by Gasteiger charge is -2.01. The number of ketones is 1. The Balaban J connectivity index is 1.54. The van der Waals surface area contributed by atoms with E-state index in [9.17, 15) is 4.79 Å². The molecule has 0 bridgehead atoms. The zero-order chi connectivity index (χ0) is 19.8. The van der Waals surface area contributed by atoms with Crippen molar-refractivity contribution >= 4 is 27.6 Å². The smallest absolute Gasteiger partial charge is 0.213 e. The Morgan fingerprint density at radius 1 is 1.03 bits per heavy atom. The van der Waals surface area contributed by atoms with Crippen LogP contribution in [-0.2, 0) is 6.42 Å². The Hall–Kier alpha value is -3.93. The maximum Gasteiger partial charge on any atom is 0.213 e. The van der Waals surface area contributed by atoms with Gasteiger partial charge in [0.2, 0.25) is 5.88 Å². The van der Waals surface area contributed by atoms with E-state index in [1.54, 1.807) is 13.3 Å². The number of ether oxygens (including phenoxy) is 1. The van der Waals surface area contributed by atoms with Crippen molar-refractivity contribution in [1.29, 1.82) is 0 Å². The molecule has 5 rings (SSSR count). The highest BCUT2D eigenvalue weighted by atomic mass is 16.5. The van der Waals surface area contributed by atoms with Gasteiger partial charge in [0.05, 0.1) is 18.3 Å². The van der Waals surface area contributed by atoms with Crippen LogP contribution in [0.1, 0.15) is 16.1 Å². The molecule has 6 heteroatoms. The van der Waals surface area contributed by atoms with Crippen LogP contribution in [0, 0.1) is 0 Å². The van der Waals surface area contributed by atoms with Gasteiger partial charge in [0.15, 0.2) is 5.78 Å². The standard InChI is InChI=1S/C23H18N4O2/c1-29-22-12-15(7-8-24-22)23-17-10-16-11-20(25-18(16)13-19(17)26-27-23)21(28)9-14-5-3-2-4-6-14/h2-8,10-13,25H,9H2,1H3,(H,26,27). The second-order valence-electron chi connectivity index (χ2n) is 6.91. The zero-order valence-electron chi connectivity index (χ0n) is 15.8. The van der Waals surface area contributed by atoms with Crippen LogP contribution in [0.15, 0.2) is 66.9 Å². The Kier molecular flexibility index (Phi) is 4.09. The second kappa shape index (κ2) is 6.91. The molecule has 0 amide bonds. The monoisotopic (exact) mass is 382 g/mol. The highest BCUT2D eigenvalue weighted by molar-refractivity contribution is 6.05. The van der Waals surface area contributed by atoms with Crippen LogP contribution < -0.4 is 4.74 Å². The number of methoxy groups -OCH3 is 1. The maximum atomic E-state index is 12.7. The first-order chi connectivity index (χ1) is 14.2. The number of aromatic amines is 2. The van der Waals surface area contributed by atoms with Gasteiger partial charge in [0.1, 0.15) is 5.69 Å². The third-order valence-electron chi connectivity index (χ3n) is 5.03. The SMILES string of the molecule is COc1cc(-c2n[nH]c3cc4[nH]c(C(=O)Cc5ccccc5)cc4cc23)ccn1. The Morgan fingerprint density at radius 3 is 2.72 bits per heavy atom.